The largest absolute Gasteiger partial charge is 1.00 e. The lowest BCUT2D eigenvalue weighted by Gasteiger charge is -2.06. The molecule has 1 heterocycles. The smallest absolute Gasteiger partial charge is 0.248 e. The van der Waals surface area contributed by atoms with E-state index in [1.807, 2.05) is 7.05 Å². The van der Waals surface area contributed by atoms with Crippen LogP contribution in [-0.4, -0.2) is 4.57 Å². The van der Waals surface area contributed by atoms with Crippen molar-refractivity contribution in [2.75, 3.05) is 0 Å². The van der Waals surface area contributed by atoms with Crippen LogP contribution < -0.4 is 21.5 Å². The second kappa shape index (κ2) is 4.83. The molecule has 2 nitrogen and oxygen atoms in total. The van der Waals surface area contributed by atoms with Gasteiger partial charge in [0.2, 0.25) is 6.33 Å². The Morgan fingerprint density at radius 2 is 1.62 bits per heavy atom. The number of halogens is 1. The van der Waals surface area contributed by atoms with Crippen molar-refractivity contribution in [2.45, 2.75) is 20.8 Å². The summed E-state index contributed by atoms with van der Waals surface area (Å²) in [6.45, 7) is 6.46. The number of aryl methyl sites for hydroxylation is 4. The molecule has 0 atom stereocenters. The topological polar surface area (TPSA) is 8.81 Å². The molecule has 0 aliphatic carbocycles. The minimum Gasteiger partial charge on any atom is -1.00 e. The van der Waals surface area contributed by atoms with Gasteiger partial charge < -0.3 is 17.0 Å². The van der Waals surface area contributed by atoms with Crippen LogP contribution in [-0.2, 0) is 7.05 Å². The Morgan fingerprint density at radius 3 is 2.06 bits per heavy atom. The molecule has 0 unspecified atom stereocenters. The van der Waals surface area contributed by atoms with E-state index in [9.17, 15) is 0 Å². The van der Waals surface area contributed by atoms with Gasteiger partial charge in [-0.2, -0.15) is 0 Å². The molecule has 3 heteroatoms. The molecule has 0 saturated carbocycles. The maximum Gasteiger partial charge on any atom is 0.248 e. The van der Waals surface area contributed by atoms with Crippen molar-refractivity contribution in [1.82, 2.24) is 4.57 Å². The second-order valence-electron chi connectivity index (χ2n) is 4.23. The average Bonchev–Trinajstić information content (AvgIpc) is 2.49. The molecule has 0 aliphatic heterocycles. The van der Waals surface area contributed by atoms with Gasteiger partial charge in [-0.3, -0.25) is 0 Å². The molecule has 0 N–H and O–H groups in total. The molecular weight excluding hydrogens is 264 g/mol. The van der Waals surface area contributed by atoms with Crippen LogP contribution in [0.2, 0.25) is 0 Å². The summed E-state index contributed by atoms with van der Waals surface area (Å²) in [5.74, 6) is 0. The normalized spacial score (nSPS) is 10.0. The molecule has 0 spiro atoms. The van der Waals surface area contributed by atoms with Crippen LogP contribution in [0.25, 0.3) is 5.69 Å². The van der Waals surface area contributed by atoms with E-state index in [1.165, 1.54) is 22.4 Å². The van der Waals surface area contributed by atoms with Crippen LogP contribution in [0.3, 0.4) is 0 Å². The maximum atomic E-state index is 2.22. The molecule has 0 amide bonds. The van der Waals surface area contributed by atoms with Crippen molar-refractivity contribution in [2.24, 2.45) is 7.05 Å². The van der Waals surface area contributed by atoms with E-state index in [4.69, 9.17) is 0 Å². The summed E-state index contributed by atoms with van der Waals surface area (Å²) in [7, 11) is 2.04. The number of aromatic nitrogens is 2. The average molecular weight is 281 g/mol. The highest BCUT2D eigenvalue weighted by molar-refractivity contribution is 5.48. The molecular formula is C13H17BrN2. The summed E-state index contributed by atoms with van der Waals surface area (Å²) in [6.07, 6.45) is 6.23. The minimum absolute atomic E-state index is 0. The van der Waals surface area contributed by atoms with Crippen molar-refractivity contribution in [1.29, 1.82) is 0 Å². The predicted molar refractivity (Wildman–Crippen MR) is 61.2 cm³/mol. The van der Waals surface area contributed by atoms with Crippen LogP contribution in [0.15, 0.2) is 30.9 Å². The van der Waals surface area contributed by atoms with E-state index in [1.54, 1.807) is 0 Å². The second-order valence-corrected chi connectivity index (χ2v) is 4.23. The van der Waals surface area contributed by atoms with E-state index in [-0.39, 0.29) is 17.0 Å². The maximum absolute atomic E-state index is 2.22. The van der Waals surface area contributed by atoms with E-state index >= 15 is 0 Å². The Labute approximate surface area is 107 Å². The molecule has 1 aromatic carbocycles. The van der Waals surface area contributed by atoms with Gasteiger partial charge in [-0.25, -0.2) is 9.13 Å². The lowest BCUT2D eigenvalue weighted by Crippen LogP contribution is -3.00. The van der Waals surface area contributed by atoms with E-state index in [0.717, 1.165) is 0 Å². The molecule has 0 radical (unpaired) electrons. The Hall–Kier alpha value is -1.09. The Bertz CT molecular complexity index is 477. The minimum atomic E-state index is 0. The lowest BCUT2D eigenvalue weighted by molar-refractivity contribution is -0.670. The van der Waals surface area contributed by atoms with Crippen molar-refractivity contribution in [3.05, 3.63) is 47.5 Å². The van der Waals surface area contributed by atoms with Crippen LogP contribution in [0.4, 0.5) is 0 Å². The molecule has 1 aromatic heterocycles. The van der Waals surface area contributed by atoms with E-state index < -0.39 is 0 Å². The van der Waals surface area contributed by atoms with Crippen LogP contribution in [0.1, 0.15) is 16.7 Å². The fourth-order valence-electron chi connectivity index (χ4n) is 2.16. The number of hydrogen-bond acceptors (Lipinski definition) is 0. The Morgan fingerprint density at radius 1 is 1.06 bits per heavy atom. The van der Waals surface area contributed by atoms with Gasteiger partial charge >= 0.3 is 0 Å². The summed E-state index contributed by atoms with van der Waals surface area (Å²) in [5, 5.41) is 0. The first kappa shape index (κ1) is 13.0. The van der Waals surface area contributed by atoms with Crippen molar-refractivity contribution in [3.63, 3.8) is 0 Å². The quantitative estimate of drug-likeness (QED) is 0.607. The van der Waals surface area contributed by atoms with Crippen molar-refractivity contribution < 1.29 is 21.5 Å². The Kier molecular flexibility index (Phi) is 3.92. The van der Waals surface area contributed by atoms with Gasteiger partial charge in [-0.1, -0.05) is 17.7 Å². The molecule has 0 fully saturated rings. The fraction of sp³-hybridized carbons (Fsp3) is 0.308. The number of benzene rings is 1. The molecule has 0 aliphatic rings. The zero-order chi connectivity index (χ0) is 11.0. The third kappa shape index (κ3) is 2.35. The fourth-order valence-corrected chi connectivity index (χ4v) is 2.16. The molecule has 2 rings (SSSR count). The highest BCUT2D eigenvalue weighted by Crippen LogP contribution is 2.19. The SMILES string of the molecule is Cc1cc(C)c(-n2cc[n+](C)c2)c(C)c1.[Br-]. The lowest BCUT2D eigenvalue weighted by atomic mass is 10.1. The molecule has 86 valence electrons. The number of nitrogens with zero attached hydrogens (tertiary/aromatic N) is 2. The standard InChI is InChI=1S/C13H17N2.BrH/c1-10-7-11(2)13(12(3)8-10)15-6-5-14(4)9-15;/h5-9H,1-4H3;1H/q+1;/p-1. The van der Waals surface area contributed by atoms with E-state index in [2.05, 4.69) is 60.8 Å². The molecule has 16 heavy (non-hydrogen) atoms. The van der Waals surface area contributed by atoms with Crippen LogP contribution in [0.5, 0.6) is 0 Å². The molecule has 0 saturated heterocycles. The highest BCUT2D eigenvalue weighted by atomic mass is 79.9. The summed E-state index contributed by atoms with van der Waals surface area (Å²) in [5.41, 5.74) is 5.26. The summed E-state index contributed by atoms with van der Waals surface area (Å²) in [4.78, 5) is 0. The first-order chi connectivity index (χ1) is 7.08. The number of hydrogen-bond donors (Lipinski definition) is 0. The summed E-state index contributed by atoms with van der Waals surface area (Å²) < 4.78 is 4.23. The van der Waals surface area contributed by atoms with Gasteiger partial charge in [0.1, 0.15) is 18.1 Å². The first-order valence-corrected chi connectivity index (χ1v) is 5.19. The predicted octanol–water partition coefficient (Wildman–Crippen LogP) is -0.769. The monoisotopic (exact) mass is 280 g/mol. The summed E-state index contributed by atoms with van der Waals surface area (Å²) in [6, 6.07) is 4.45. The zero-order valence-electron chi connectivity index (χ0n) is 10.2. The number of imidazole rings is 1. The van der Waals surface area contributed by atoms with Gasteiger partial charge in [-0.15, -0.1) is 0 Å². The third-order valence-corrected chi connectivity index (χ3v) is 2.66. The van der Waals surface area contributed by atoms with Crippen LogP contribution in [0, 0.1) is 20.8 Å². The van der Waals surface area contributed by atoms with Crippen molar-refractivity contribution in [3.8, 4) is 5.69 Å². The van der Waals surface area contributed by atoms with Gasteiger partial charge in [-0.05, 0) is 31.9 Å². The van der Waals surface area contributed by atoms with Gasteiger partial charge in [0.05, 0.1) is 7.05 Å². The first-order valence-electron chi connectivity index (χ1n) is 5.19. The van der Waals surface area contributed by atoms with Gasteiger partial charge in [0.15, 0.2) is 0 Å². The van der Waals surface area contributed by atoms with Gasteiger partial charge in [0, 0.05) is 0 Å². The molecule has 2 aromatic rings. The van der Waals surface area contributed by atoms with Crippen molar-refractivity contribution >= 4 is 0 Å². The third-order valence-electron chi connectivity index (χ3n) is 2.66. The van der Waals surface area contributed by atoms with Crippen LogP contribution >= 0.6 is 0 Å². The zero-order valence-corrected chi connectivity index (χ0v) is 11.7. The molecule has 0 bridgehead atoms. The summed E-state index contributed by atoms with van der Waals surface area (Å²) >= 11 is 0. The Balaban J connectivity index is 0.00000128. The highest BCUT2D eigenvalue weighted by Gasteiger charge is 2.11. The van der Waals surface area contributed by atoms with E-state index in [0.29, 0.717) is 0 Å². The number of rotatable bonds is 1. The van der Waals surface area contributed by atoms with Gasteiger partial charge in [0.25, 0.3) is 0 Å².